The summed E-state index contributed by atoms with van der Waals surface area (Å²) in [6, 6.07) is 5.00. The molecule has 0 aliphatic carbocycles. The van der Waals surface area contributed by atoms with Crippen molar-refractivity contribution in [3.63, 3.8) is 0 Å². The number of nitrogens with zero attached hydrogens (tertiary/aromatic N) is 2. The van der Waals surface area contributed by atoms with Crippen LogP contribution in [0.25, 0.3) is 10.4 Å². The number of methoxy groups -OCH3 is 1. The van der Waals surface area contributed by atoms with Crippen molar-refractivity contribution < 1.29 is 18.3 Å². The van der Waals surface area contributed by atoms with E-state index in [4.69, 9.17) is 4.74 Å². The van der Waals surface area contributed by atoms with Crippen LogP contribution in [-0.2, 0) is 16.1 Å². The lowest BCUT2D eigenvalue weighted by atomic mass is 10.1. The predicted molar refractivity (Wildman–Crippen MR) is 85.6 cm³/mol. The molecule has 124 valence electrons. The van der Waals surface area contributed by atoms with Gasteiger partial charge in [-0.3, -0.25) is 9.78 Å². The van der Waals surface area contributed by atoms with E-state index in [-0.39, 0.29) is 4.88 Å². The lowest BCUT2D eigenvalue weighted by Gasteiger charge is -2.18. The van der Waals surface area contributed by atoms with E-state index in [0.29, 0.717) is 19.7 Å². The minimum Gasteiger partial charge on any atom is -0.383 e. The fourth-order valence-electron chi connectivity index (χ4n) is 2.10. The summed E-state index contributed by atoms with van der Waals surface area (Å²) in [5, 5.41) is 0. The van der Waals surface area contributed by atoms with Crippen molar-refractivity contribution in [2.24, 2.45) is 0 Å². The number of ether oxygens (including phenoxy) is 1. The average molecular weight is 340 g/mol. The van der Waals surface area contributed by atoms with Crippen molar-refractivity contribution in [2.45, 2.75) is 19.9 Å². The van der Waals surface area contributed by atoms with E-state index in [1.165, 1.54) is 6.07 Å². The Morgan fingerprint density at radius 2 is 2.22 bits per heavy atom. The van der Waals surface area contributed by atoms with E-state index >= 15 is 0 Å². The van der Waals surface area contributed by atoms with E-state index in [0.717, 1.165) is 39.4 Å². The summed E-state index contributed by atoms with van der Waals surface area (Å²) in [7, 11) is 1.58. The highest BCUT2D eigenvalue weighted by Gasteiger charge is 2.13. The van der Waals surface area contributed by atoms with E-state index < -0.39 is 6.43 Å². The van der Waals surface area contributed by atoms with Gasteiger partial charge in [-0.1, -0.05) is 0 Å². The zero-order valence-electron chi connectivity index (χ0n) is 13.0. The lowest BCUT2D eigenvalue weighted by Crippen LogP contribution is -2.25. The highest BCUT2D eigenvalue weighted by molar-refractivity contribution is 7.15. The topological polar surface area (TPSA) is 42.4 Å². The number of pyridine rings is 1. The quantitative estimate of drug-likeness (QED) is 0.689. The molecule has 0 N–H and O–H groups in total. The van der Waals surface area contributed by atoms with Crippen LogP contribution in [0.1, 0.15) is 22.6 Å². The van der Waals surface area contributed by atoms with Gasteiger partial charge in [-0.25, -0.2) is 8.78 Å². The Morgan fingerprint density at radius 3 is 2.83 bits per heavy atom. The maximum Gasteiger partial charge on any atom is 0.272 e. The van der Waals surface area contributed by atoms with Crippen molar-refractivity contribution in [3.05, 3.63) is 40.5 Å². The number of aryl methyl sites for hydroxylation is 1. The maximum absolute atomic E-state index is 12.7. The van der Waals surface area contributed by atoms with Crippen LogP contribution in [-0.4, -0.2) is 36.6 Å². The summed E-state index contributed by atoms with van der Waals surface area (Å²) in [6.45, 7) is 3.20. The molecule has 2 aromatic heterocycles. The average Bonchev–Trinajstić information content (AvgIpc) is 3.03. The summed E-state index contributed by atoms with van der Waals surface area (Å²) in [6.07, 6.45) is -0.0304. The molecule has 2 heterocycles. The van der Waals surface area contributed by atoms with E-state index in [9.17, 15) is 13.6 Å². The van der Waals surface area contributed by atoms with Crippen molar-refractivity contribution >= 4 is 17.7 Å². The highest BCUT2D eigenvalue weighted by atomic mass is 32.1. The molecule has 4 nitrogen and oxygen atoms in total. The van der Waals surface area contributed by atoms with Crippen molar-refractivity contribution in [2.75, 3.05) is 20.3 Å². The number of thiophene rings is 1. The van der Waals surface area contributed by atoms with Crippen molar-refractivity contribution in [3.8, 4) is 10.4 Å². The number of amides is 1. The third-order valence-corrected chi connectivity index (χ3v) is 4.56. The van der Waals surface area contributed by atoms with Crippen LogP contribution in [0.2, 0.25) is 0 Å². The molecule has 0 aromatic carbocycles. The Morgan fingerprint density at radius 1 is 1.43 bits per heavy atom. The monoisotopic (exact) mass is 340 g/mol. The molecule has 0 atom stereocenters. The summed E-state index contributed by atoms with van der Waals surface area (Å²) in [5.41, 5.74) is 2.47. The molecule has 1 amide bonds. The van der Waals surface area contributed by atoms with Gasteiger partial charge in [0.15, 0.2) is 0 Å². The second-order valence-electron chi connectivity index (χ2n) is 5.04. The fraction of sp³-hybridized carbons (Fsp3) is 0.375. The molecule has 0 fully saturated rings. The van der Waals surface area contributed by atoms with Crippen molar-refractivity contribution in [1.29, 1.82) is 0 Å². The van der Waals surface area contributed by atoms with Crippen LogP contribution in [0.15, 0.2) is 24.4 Å². The zero-order valence-corrected chi connectivity index (χ0v) is 13.8. The first-order valence-electron chi connectivity index (χ1n) is 7.07. The Labute approximate surface area is 137 Å². The first kappa shape index (κ1) is 17.5. The highest BCUT2D eigenvalue weighted by Crippen LogP contribution is 2.33. The number of carbonyl (C=O) groups is 1. The SMILES string of the molecule is COCCN(C=O)Cc1cc(-c2ccc(C(F)F)s2)cnc1C. The number of alkyl halides is 2. The van der Waals surface area contributed by atoms with Gasteiger partial charge in [0.2, 0.25) is 6.41 Å². The number of halogens is 2. The Balaban J connectivity index is 2.22. The molecule has 0 radical (unpaired) electrons. The van der Waals surface area contributed by atoms with Gasteiger partial charge in [-0.2, -0.15) is 0 Å². The number of hydrogen-bond acceptors (Lipinski definition) is 4. The van der Waals surface area contributed by atoms with E-state index in [1.807, 2.05) is 13.0 Å². The Kier molecular flexibility index (Phi) is 6.18. The zero-order chi connectivity index (χ0) is 16.8. The molecule has 0 unspecified atom stereocenters. The van der Waals surface area contributed by atoms with Gasteiger partial charge in [-0.15, -0.1) is 11.3 Å². The number of hydrogen-bond donors (Lipinski definition) is 0. The normalized spacial score (nSPS) is 11.0. The van der Waals surface area contributed by atoms with Gasteiger partial charge in [0.25, 0.3) is 6.43 Å². The third kappa shape index (κ3) is 4.56. The van der Waals surface area contributed by atoms with Crippen LogP contribution >= 0.6 is 11.3 Å². The summed E-state index contributed by atoms with van der Waals surface area (Å²) < 4.78 is 30.4. The molecule has 0 aliphatic heterocycles. The molecule has 0 aliphatic rings. The second kappa shape index (κ2) is 8.12. The molecule has 2 rings (SSSR count). The minimum absolute atomic E-state index is 0.0386. The molecule has 0 bridgehead atoms. The second-order valence-corrected chi connectivity index (χ2v) is 6.16. The third-order valence-electron chi connectivity index (χ3n) is 3.42. The van der Waals surface area contributed by atoms with Crippen LogP contribution in [0, 0.1) is 6.92 Å². The molecular weight excluding hydrogens is 322 g/mol. The van der Waals surface area contributed by atoms with Crippen LogP contribution in [0.4, 0.5) is 8.78 Å². The first-order chi connectivity index (χ1) is 11.0. The molecule has 0 saturated heterocycles. The van der Waals surface area contributed by atoms with Crippen LogP contribution < -0.4 is 0 Å². The number of aromatic nitrogens is 1. The van der Waals surface area contributed by atoms with E-state index in [1.54, 1.807) is 24.3 Å². The van der Waals surface area contributed by atoms with Gasteiger partial charge < -0.3 is 9.64 Å². The largest absolute Gasteiger partial charge is 0.383 e. The maximum atomic E-state index is 12.7. The molecule has 7 heteroatoms. The minimum atomic E-state index is -2.47. The number of carbonyl (C=O) groups excluding carboxylic acids is 1. The molecule has 0 spiro atoms. The van der Waals surface area contributed by atoms with Crippen LogP contribution in [0.3, 0.4) is 0 Å². The van der Waals surface area contributed by atoms with Gasteiger partial charge in [-0.05, 0) is 30.7 Å². The summed E-state index contributed by atoms with van der Waals surface area (Å²) in [5.74, 6) is 0. The van der Waals surface area contributed by atoms with Gasteiger partial charge in [0, 0.05) is 42.5 Å². The Hall–Kier alpha value is -1.86. The summed E-state index contributed by atoms with van der Waals surface area (Å²) in [4.78, 5) is 17.8. The summed E-state index contributed by atoms with van der Waals surface area (Å²) >= 11 is 1.05. The lowest BCUT2D eigenvalue weighted by molar-refractivity contribution is -0.119. The fourth-order valence-corrected chi connectivity index (χ4v) is 2.94. The first-order valence-corrected chi connectivity index (χ1v) is 7.89. The van der Waals surface area contributed by atoms with Gasteiger partial charge >= 0.3 is 0 Å². The number of rotatable bonds is 8. The molecule has 2 aromatic rings. The molecule has 0 saturated carbocycles. The molecular formula is C16H18F2N2O2S. The van der Waals surface area contributed by atoms with E-state index in [2.05, 4.69) is 4.98 Å². The van der Waals surface area contributed by atoms with Crippen LogP contribution in [0.5, 0.6) is 0 Å². The predicted octanol–water partition coefficient (Wildman–Crippen LogP) is 3.66. The smallest absolute Gasteiger partial charge is 0.272 e. The van der Waals surface area contributed by atoms with Gasteiger partial charge in [0.1, 0.15) is 0 Å². The standard InChI is InChI=1S/C16H18F2N2O2S/c1-11-13(9-20(10-21)5-6-22-2)7-12(8-19-11)14-3-4-15(23-14)16(17)18/h3-4,7-8,10,16H,5-6,9H2,1-2H3. The Bertz CT molecular complexity index is 661. The van der Waals surface area contributed by atoms with Gasteiger partial charge in [0.05, 0.1) is 11.5 Å². The van der Waals surface area contributed by atoms with Crippen molar-refractivity contribution in [1.82, 2.24) is 9.88 Å². The molecule has 23 heavy (non-hydrogen) atoms.